The lowest BCUT2D eigenvalue weighted by atomic mass is 9.98. The number of urea groups is 1. The van der Waals surface area contributed by atoms with Crippen molar-refractivity contribution in [2.24, 2.45) is 0 Å². The molecule has 32 heavy (non-hydrogen) atoms. The number of imide groups is 1. The Morgan fingerprint density at radius 3 is 2.56 bits per heavy atom. The van der Waals surface area contributed by atoms with Gasteiger partial charge in [-0.05, 0) is 25.0 Å². The van der Waals surface area contributed by atoms with Crippen LogP contribution in [0.3, 0.4) is 0 Å². The van der Waals surface area contributed by atoms with E-state index in [0.29, 0.717) is 12.8 Å². The Labute approximate surface area is 184 Å². The van der Waals surface area contributed by atoms with Gasteiger partial charge in [-0.25, -0.2) is 13.2 Å². The zero-order valence-electron chi connectivity index (χ0n) is 17.5. The highest BCUT2D eigenvalue weighted by Crippen LogP contribution is 2.35. The highest BCUT2D eigenvalue weighted by atomic mass is 32.2. The van der Waals surface area contributed by atoms with Crippen LogP contribution in [0.25, 0.3) is 0 Å². The molecular weight excluding hydrogens is 442 g/mol. The molecule has 0 atom stereocenters. The first-order valence-electron chi connectivity index (χ1n) is 10.2. The van der Waals surface area contributed by atoms with Crippen LogP contribution in [0.1, 0.15) is 32.1 Å². The first-order chi connectivity index (χ1) is 15.0. The van der Waals surface area contributed by atoms with Crippen LogP contribution in [-0.4, -0.2) is 67.5 Å². The van der Waals surface area contributed by atoms with E-state index in [9.17, 15) is 32.9 Å². The Balaban J connectivity index is 1.46. The molecule has 1 aliphatic carbocycles. The van der Waals surface area contributed by atoms with E-state index >= 15 is 0 Å². The smallest absolute Gasteiger partial charge is 0.325 e. The van der Waals surface area contributed by atoms with Crippen molar-refractivity contribution in [3.8, 4) is 0 Å². The third-order valence-electron chi connectivity index (χ3n) is 5.62. The molecule has 12 nitrogen and oxygen atoms in total. The topological polar surface area (TPSA) is 168 Å². The number of carbonyl (C=O) groups is 3. The Hall–Kier alpha value is -3.22. The number of rotatable bonds is 9. The molecule has 1 saturated heterocycles. The summed E-state index contributed by atoms with van der Waals surface area (Å²) in [7, 11) is -3.59. The Bertz CT molecular complexity index is 1050. The molecule has 0 aromatic heterocycles. The highest BCUT2D eigenvalue weighted by molar-refractivity contribution is 7.90. The fourth-order valence-electron chi connectivity index (χ4n) is 3.94. The van der Waals surface area contributed by atoms with Gasteiger partial charge in [0.2, 0.25) is 5.91 Å². The maximum atomic E-state index is 12.6. The molecule has 2 fully saturated rings. The third kappa shape index (κ3) is 4.98. The van der Waals surface area contributed by atoms with Crippen LogP contribution in [0.15, 0.2) is 23.1 Å². The van der Waals surface area contributed by atoms with E-state index in [4.69, 9.17) is 0 Å². The fourth-order valence-corrected chi connectivity index (χ4v) is 4.58. The molecular formula is C19H25N5O7S. The summed E-state index contributed by atoms with van der Waals surface area (Å²) in [6.45, 7) is 0.259. The van der Waals surface area contributed by atoms with Crippen molar-refractivity contribution in [1.82, 2.24) is 15.5 Å². The van der Waals surface area contributed by atoms with Crippen LogP contribution in [0.2, 0.25) is 0 Å². The molecule has 13 heteroatoms. The number of anilines is 1. The van der Waals surface area contributed by atoms with Gasteiger partial charge in [0.25, 0.3) is 11.6 Å². The van der Waals surface area contributed by atoms with Gasteiger partial charge in [0.15, 0.2) is 9.84 Å². The molecule has 4 amide bonds. The molecule has 1 aromatic carbocycles. The van der Waals surface area contributed by atoms with Crippen LogP contribution in [-0.2, 0) is 19.4 Å². The second-order valence-electron chi connectivity index (χ2n) is 7.91. The summed E-state index contributed by atoms with van der Waals surface area (Å²) in [5, 5.41) is 19.4. The molecule has 1 spiro atoms. The molecule has 0 unspecified atom stereocenters. The first kappa shape index (κ1) is 23.4. The summed E-state index contributed by atoms with van der Waals surface area (Å²) in [5.41, 5.74) is -1.07. The van der Waals surface area contributed by atoms with Crippen molar-refractivity contribution in [3.63, 3.8) is 0 Å². The average molecular weight is 468 g/mol. The van der Waals surface area contributed by atoms with Gasteiger partial charge in [-0.3, -0.25) is 24.6 Å². The third-order valence-corrected chi connectivity index (χ3v) is 6.73. The van der Waals surface area contributed by atoms with Crippen LogP contribution < -0.4 is 16.0 Å². The molecule has 3 N–H and O–H groups in total. The van der Waals surface area contributed by atoms with E-state index in [1.165, 1.54) is 12.1 Å². The van der Waals surface area contributed by atoms with Crippen LogP contribution >= 0.6 is 0 Å². The van der Waals surface area contributed by atoms with Crippen molar-refractivity contribution in [2.75, 3.05) is 31.2 Å². The van der Waals surface area contributed by atoms with Gasteiger partial charge >= 0.3 is 6.03 Å². The van der Waals surface area contributed by atoms with E-state index in [2.05, 4.69) is 16.0 Å². The number of nitrogens with zero attached hydrogens (tertiary/aromatic N) is 2. The Kier molecular flexibility index (Phi) is 6.67. The van der Waals surface area contributed by atoms with Gasteiger partial charge in [-0.15, -0.1) is 0 Å². The highest BCUT2D eigenvalue weighted by Gasteiger charge is 2.52. The zero-order valence-corrected chi connectivity index (χ0v) is 18.4. The summed E-state index contributed by atoms with van der Waals surface area (Å²) < 4.78 is 23.2. The van der Waals surface area contributed by atoms with Crippen molar-refractivity contribution in [1.29, 1.82) is 0 Å². The van der Waals surface area contributed by atoms with Crippen LogP contribution in [0, 0.1) is 10.1 Å². The van der Waals surface area contributed by atoms with Gasteiger partial charge in [0.1, 0.15) is 11.2 Å². The molecule has 0 radical (unpaired) electrons. The quantitative estimate of drug-likeness (QED) is 0.207. The summed E-state index contributed by atoms with van der Waals surface area (Å²) in [5.74, 6) is -0.652. The predicted octanol–water partition coefficient (Wildman–Crippen LogP) is 0.781. The SMILES string of the molecule is CS(=O)(=O)c1ccc(NCCNC(=O)CCN2C(=O)NC3(CCCC3)C2=O)c([N+](=O)[O-])c1. The summed E-state index contributed by atoms with van der Waals surface area (Å²) in [6.07, 6.45) is 3.89. The van der Waals surface area contributed by atoms with E-state index in [1.54, 1.807) is 0 Å². The molecule has 0 bridgehead atoms. The average Bonchev–Trinajstić information content (AvgIpc) is 3.28. The minimum atomic E-state index is -3.59. The van der Waals surface area contributed by atoms with E-state index in [0.717, 1.165) is 30.1 Å². The van der Waals surface area contributed by atoms with Gasteiger partial charge in [0.05, 0.1) is 9.82 Å². The van der Waals surface area contributed by atoms with Crippen molar-refractivity contribution >= 4 is 39.1 Å². The first-order valence-corrected chi connectivity index (χ1v) is 12.1. The molecule has 1 saturated carbocycles. The van der Waals surface area contributed by atoms with E-state index in [-0.39, 0.29) is 48.5 Å². The van der Waals surface area contributed by atoms with Crippen molar-refractivity contribution in [3.05, 3.63) is 28.3 Å². The summed E-state index contributed by atoms with van der Waals surface area (Å²) in [6, 6.07) is 3.06. The normalized spacial score (nSPS) is 17.5. The summed E-state index contributed by atoms with van der Waals surface area (Å²) >= 11 is 0. The second kappa shape index (κ2) is 9.10. The van der Waals surface area contributed by atoms with Gasteiger partial charge in [0, 0.05) is 38.4 Å². The molecule has 3 rings (SSSR count). The number of amides is 4. The van der Waals surface area contributed by atoms with Gasteiger partial charge < -0.3 is 16.0 Å². The monoisotopic (exact) mass is 467 g/mol. The van der Waals surface area contributed by atoms with Crippen LogP contribution in [0.5, 0.6) is 0 Å². The molecule has 2 aliphatic rings. The number of benzene rings is 1. The number of nitrogens with one attached hydrogen (secondary N) is 3. The minimum Gasteiger partial charge on any atom is -0.378 e. The number of hydrogen-bond donors (Lipinski definition) is 3. The summed E-state index contributed by atoms with van der Waals surface area (Å²) in [4.78, 5) is 48.2. The number of hydrogen-bond acceptors (Lipinski definition) is 8. The fraction of sp³-hybridized carbons (Fsp3) is 0.526. The molecule has 1 aliphatic heterocycles. The van der Waals surface area contributed by atoms with Gasteiger partial charge in [-0.2, -0.15) is 0 Å². The van der Waals surface area contributed by atoms with Crippen molar-refractivity contribution in [2.45, 2.75) is 42.5 Å². The lowest BCUT2D eigenvalue weighted by Gasteiger charge is -2.19. The lowest BCUT2D eigenvalue weighted by molar-refractivity contribution is -0.384. The Morgan fingerprint density at radius 2 is 1.94 bits per heavy atom. The van der Waals surface area contributed by atoms with Crippen molar-refractivity contribution < 1.29 is 27.7 Å². The predicted molar refractivity (Wildman–Crippen MR) is 114 cm³/mol. The second-order valence-corrected chi connectivity index (χ2v) is 9.93. The number of nitro groups is 1. The maximum Gasteiger partial charge on any atom is 0.325 e. The Morgan fingerprint density at radius 1 is 1.25 bits per heavy atom. The number of carbonyl (C=O) groups excluding carboxylic acids is 3. The van der Waals surface area contributed by atoms with E-state index < -0.39 is 32.0 Å². The standard InChI is InChI=1S/C19H25N5O7S/c1-32(30,31)13-4-5-14(15(12-13)24(28)29)20-9-10-21-16(25)6-11-23-17(26)19(22-18(23)27)7-2-3-8-19/h4-5,12,20H,2-3,6-11H2,1H3,(H,21,25)(H,22,27). The largest absolute Gasteiger partial charge is 0.378 e. The number of nitro benzene ring substituents is 1. The lowest BCUT2D eigenvalue weighted by Crippen LogP contribution is -2.44. The number of sulfone groups is 1. The van der Waals surface area contributed by atoms with Gasteiger partial charge in [-0.1, -0.05) is 12.8 Å². The maximum absolute atomic E-state index is 12.6. The molecule has 174 valence electrons. The van der Waals surface area contributed by atoms with E-state index in [1.807, 2.05) is 0 Å². The van der Waals surface area contributed by atoms with Crippen LogP contribution in [0.4, 0.5) is 16.2 Å². The molecule has 1 heterocycles. The minimum absolute atomic E-state index is 0.0237. The zero-order chi connectivity index (χ0) is 23.5. The molecule has 1 aromatic rings.